The first-order chi connectivity index (χ1) is 9.38. The Labute approximate surface area is 121 Å². The van der Waals surface area contributed by atoms with E-state index in [1.54, 1.807) is 0 Å². The van der Waals surface area contributed by atoms with Crippen molar-refractivity contribution in [3.63, 3.8) is 0 Å². The fourth-order valence-corrected chi connectivity index (χ4v) is 1.88. The van der Waals surface area contributed by atoms with Crippen LogP contribution in [0.4, 0.5) is 0 Å². The molecule has 20 heavy (non-hydrogen) atoms. The fraction of sp³-hybridized carbons (Fsp3) is 0.667. The fourth-order valence-electron chi connectivity index (χ4n) is 1.88. The van der Waals surface area contributed by atoms with Crippen LogP contribution in [0, 0.1) is 6.92 Å². The molecule has 1 rings (SSSR count). The van der Waals surface area contributed by atoms with E-state index in [1.165, 1.54) is 0 Å². The number of furan rings is 1. The van der Waals surface area contributed by atoms with Gasteiger partial charge in [0.05, 0.1) is 6.54 Å². The summed E-state index contributed by atoms with van der Waals surface area (Å²) in [6.07, 6.45) is 1.21. The molecule has 5 nitrogen and oxygen atoms in total. The van der Waals surface area contributed by atoms with Gasteiger partial charge in [0.2, 0.25) is 5.91 Å². The molecular formula is C15H27N3O2. The van der Waals surface area contributed by atoms with Gasteiger partial charge in [0.1, 0.15) is 11.5 Å². The van der Waals surface area contributed by atoms with E-state index in [4.69, 9.17) is 10.2 Å². The number of hydrogen-bond donors (Lipinski definition) is 1. The molecule has 0 saturated heterocycles. The predicted molar refractivity (Wildman–Crippen MR) is 80.3 cm³/mol. The number of likely N-dealkylation sites (N-methyl/N-ethyl adjacent to an activating group) is 1. The van der Waals surface area contributed by atoms with Gasteiger partial charge in [-0.1, -0.05) is 0 Å². The molecular weight excluding hydrogens is 254 g/mol. The Morgan fingerprint density at radius 3 is 2.55 bits per heavy atom. The average Bonchev–Trinajstić information content (AvgIpc) is 2.76. The van der Waals surface area contributed by atoms with Crippen molar-refractivity contribution in [3.05, 3.63) is 23.7 Å². The summed E-state index contributed by atoms with van der Waals surface area (Å²) in [6, 6.07) is 3.91. The summed E-state index contributed by atoms with van der Waals surface area (Å²) in [5, 5.41) is 0. The molecule has 0 spiro atoms. The van der Waals surface area contributed by atoms with Crippen molar-refractivity contribution in [2.45, 2.75) is 39.3 Å². The largest absolute Gasteiger partial charge is 0.464 e. The van der Waals surface area contributed by atoms with E-state index in [9.17, 15) is 4.79 Å². The second-order valence-corrected chi connectivity index (χ2v) is 5.65. The molecule has 0 radical (unpaired) electrons. The highest BCUT2D eigenvalue weighted by Crippen LogP contribution is 2.11. The van der Waals surface area contributed by atoms with Crippen LogP contribution in [-0.2, 0) is 11.3 Å². The van der Waals surface area contributed by atoms with Crippen LogP contribution in [0.5, 0.6) is 0 Å². The van der Waals surface area contributed by atoms with Gasteiger partial charge in [-0.25, -0.2) is 0 Å². The maximum absolute atomic E-state index is 12.3. The van der Waals surface area contributed by atoms with E-state index in [0.29, 0.717) is 25.9 Å². The first-order valence-corrected chi connectivity index (χ1v) is 7.12. The number of carbonyl (C=O) groups excluding carboxylic acids is 1. The summed E-state index contributed by atoms with van der Waals surface area (Å²) in [7, 11) is 4.00. The van der Waals surface area contributed by atoms with Crippen molar-refractivity contribution in [3.8, 4) is 0 Å². The minimum absolute atomic E-state index is 0.0560. The molecule has 0 aliphatic heterocycles. The first-order valence-electron chi connectivity index (χ1n) is 7.12. The molecule has 0 aliphatic rings. The van der Waals surface area contributed by atoms with Gasteiger partial charge in [0, 0.05) is 25.6 Å². The highest BCUT2D eigenvalue weighted by atomic mass is 16.3. The molecule has 0 saturated carbocycles. The van der Waals surface area contributed by atoms with Gasteiger partial charge < -0.3 is 20.0 Å². The Kier molecular flexibility index (Phi) is 6.75. The summed E-state index contributed by atoms with van der Waals surface area (Å²) >= 11 is 0. The number of nitrogens with two attached hydrogens (primary N) is 1. The van der Waals surface area contributed by atoms with Crippen LogP contribution in [0.15, 0.2) is 16.5 Å². The molecule has 1 heterocycles. The Hall–Kier alpha value is -1.33. The quantitative estimate of drug-likeness (QED) is 0.786. The third-order valence-corrected chi connectivity index (χ3v) is 3.13. The minimum atomic E-state index is 0.0560. The summed E-state index contributed by atoms with van der Waals surface area (Å²) in [6.45, 7) is 5.90. The molecule has 1 aromatic heterocycles. The van der Waals surface area contributed by atoms with Crippen molar-refractivity contribution in [1.82, 2.24) is 9.80 Å². The Morgan fingerprint density at radius 1 is 1.35 bits per heavy atom. The van der Waals surface area contributed by atoms with Gasteiger partial charge in [-0.3, -0.25) is 4.79 Å². The van der Waals surface area contributed by atoms with Crippen LogP contribution in [0.3, 0.4) is 0 Å². The zero-order valence-corrected chi connectivity index (χ0v) is 13.1. The molecule has 0 bridgehead atoms. The summed E-state index contributed by atoms with van der Waals surface area (Å²) in [4.78, 5) is 16.2. The second-order valence-electron chi connectivity index (χ2n) is 5.65. The molecule has 1 atom stereocenters. The highest BCUT2D eigenvalue weighted by molar-refractivity contribution is 5.76. The van der Waals surface area contributed by atoms with Gasteiger partial charge in [-0.15, -0.1) is 0 Å². The van der Waals surface area contributed by atoms with Gasteiger partial charge in [-0.2, -0.15) is 0 Å². The van der Waals surface area contributed by atoms with Crippen LogP contribution in [0.2, 0.25) is 0 Å². The number of hydrogen-bond acceptors (Lipinski definition) is 4. The van der Waals surface area contributed by atoms with Crippen LogP contribution < -0.4 is 5.73 Å². The Morgan fingerprint density at radius 2 is 2.05 bits per heavy atom. The summed E-state index contributed by atoms with van der Waals surface area (Å²) in [5.41, 5.74) is 5.72. The average molecular weight is 281 g/mol. The zero-order chi connectivity index (χ0) is 15.1. The first kappa shape index (κ1) is 16.7. The van der Waals surface area contributed by atoms with Crippen molar-refractivity contribution in [1.29, 1.82) is 0 Å². The lowest BCUT2D eigenvalue weighted by Gasteiger charge is -2.24. The molecule has 114 valence electrons. The number of carbonyl (C=O) groups is 1. The van der Waals surface area contributed by atoms with E-state index in [0.717, 1.165) is 18.1 Å². The summed E-state index contributed by atoms with van der Waals surface area (Å²) in [5.74, 6) is 1.84. The normalized spacial score (nSPS) is 12.7. The van der Waals surface area contributed by atoms with Gasteiger partial charge in [-0.05, 0) is 46.5 Å². The molecule has 0 aliphatic carbocycles. The maximum atomic E-state index is 12.3. The lowest BCUT2D eigenvalue weighted by molar-refractivity contribution is -0.132. The van der Waals surface area contributed by atoms with Crippen molar-refractivity contribution in [2.24, 2.45) is 5.73 Å². The van der Waals surface area contributed by atoms with Gasteiger partial charge in [0.15, 0.2) is 0 Å². The van der Waals surface area contributed by atoms with E-state index in [-0.39, 0.29) is 11.9 Å². The van der Waals surface area contributed by atoms with E-state index < -0.39 is 0 Å². The van der Waals surface area contributed by atoms with Crippen molar-refractivity contribution < 1.29 is 9.21 Å². The molecule has 1 unspecified atom stereocenters. The predicted octanol–water partition coefficient (Wildman–Crippen LogP) is 1.61. The lowest BCUT2D eigenvalue weighted by Crippen LogP contribution is -2.36. The van der Waals surface area contributed by atoms with Gasteiger partial charge >= 0.3 is 0 Å². The third-order valence-electron chi connectivity index (χ3n) is 3.13. The van der Waals surface area contributed by atoms with Crippen LogP contribution >= 0.6 is 0 Å². The van der Waals surface area contributed by atoms with Crippen molar-refractivity contribution in [2.75, 3.05) is 27.2 Å². The smallest absolute Gasteiger partial charge is 0.223 e. The Balaban J connectivity index is 2.61. The number of nitrogens with zero attached hydrogens (tertiary/aromatic N) is 2. The molecule has 2 N–H and O–H groups in total. The monoisotopic (exact) mass is 281 g/mol. The number of rotatable bonds is 8. The molecule has 0 aromatic carbocycles. The van der Waals surface area contributed by atoms with Gasteiger partial charge in [0.25, 0.3) is 0 Å². The topological polar surface area (TPSA) is 62.7 Å². The molecule has 1 amide bonds. The van der Waals surface area contributed by atoms with Crippen molar-refractivity contribution >= 4 is 5.91 Å². The summed E-state index contributed by atoms with van der Waals surface area (Å²) < 4.78 is 5.56. The van der Waals surface area contributed by atoms with Crippen LogP contribution in [0.1, 0.15) is 31.3 Å². The van der Waals surface area contributed by atoms with E-state index >= 15 is 0 Å². The molecule has 5 heteroatoms. The van der Waals surface area contributed by atoms with E-state index in [1.807, 2.05) is 45.0 Å². The second kappa shape index (κ2) is 8.07. The highest BCUT2D eigenvalue weighted by Gasteiger charge is 2.16. The SMILES string of the molecule is Cc1ccc(CN(CCN(C)C)C(=O)CCC(C)N)o1. The van der Waals surface area contributed by atoms with E-state index in [2.05, 4.69) is 4.90 Å². The molecule has 1 aromatic rings. The number of amides is 1. The standard InChI is InChI=1S/C15H27N3O2/c1-12(16)5-8-15(19)18(10-9-17(3)4)11-14-7-6-13(2)20-14/h6-7,12H,5,8-11,16H2,1-4H3. The zero-order valence-electron chi connectivity index (χ0n) is 13.1. The maximum Gasteiger partial charge on any atom is 0.223 e. The minimum Gasteiger partial charge on any atom is -0.464 e. The third kappa shape index (κ3) is 6.21. The van der Waals surface area contributed by atoms with Crippen LogP contribution in [-0.4, -0.2) is 48.9 Å². The Bertz CT molecular complexity index is 413. The number of aryl methyl sites for hydroxylation is 1. The van der Waals surface area contributed by atoms with Crippen LogP contribution in [0.25, 0.3) is 0 Å². The molecule has 0 fully saturated rings. The lowest BCUT2D eigenvalue weighted by atomic mass is 10.2.